The van der Waals surface area contributed by atoms with E-state index in [1.807, 2.05) is 6.92 Å². The number of H-pyrrole nitrogens is 1. The van der Waals surface area contributed by atoms with Crippen LogP contribution in [-0.2, 0) is 11.2 Å². The maximum absolute atomic E-state index is 11.6. The lowest BCUT2D eigenvalue weighted by Gasteiger charge is -1.99. The summed E-state index contributed by atoms with van der Waals surface area (Å²) in [6.45, 7) is 4.65. The molecule has 0 saturated carbocycles. The molecule has 0 unspecified atom stereocenters. The molecule has 0 aliphatic carbocycles. The van der Waals surface area contributed by atoms with Crippen LogP contribution in [0.25, 0.3) is 0 Å². The summed E-state index contributed by atoms with van der Waals surface area (Å²) in [6.07, 6.45) is 2.19. The predicted molar refractivity (Wildman–Crippen MR) is 71.4 cm³/mol. The van der Waals surface area contributed by atoms with Crippen molar-refractivity contribution in [2.75, 3.05) is 18.5 Å². The van der Waals surface area contributed by atoms with Gasteiger partial charge in [0.15, 0.2) is 10.8 Å². The number of ether oxygens (including phenoxy) is 1. The quantitative estimate of drug-likeness (QED) is 0.777. The van der Waals surface area contributed by atoms with Gasteiger partial charge in [0, 0.05) is 17.8 Å². The molecule has 102 valence electrons. The number of esters is 1. The van der Waals surface area contributed by atoms with Gasteiger partial charge >= 0.3 is 5.97 Å². The monoisotopic (exact) mass is 281 g/mol. The van der Waals surface area contributed by atoms with Gasteiger partial charge in [0.05, 0.1) is 6.61 Å². The van der Waals surface area contributed by atoms with Crippen LogP contribution in [0.2, 0.25) is 0 Å². The van der Waals surface area contributed by atoms with Gasteiger partial charge in [-0.3, -0.25) is 5.10 Å². The molecule has 2 aromatic rings. The molecule has 0 aromatic carbocycles. The van der Waals surface area contributed by atoms with E-state index in [9.17, 15) is 4.79 Å². The van der Waals surface area contributed by atoms with Gasteiger partial charge in [-0.25, -0.2) is 14.8 Å². The fourth-order valence-electron chi connectivity index (χ4n) is 1.50. The third kappa shape index (κ3) is 3.50. The molecular formula is C11H15N5O2S. The topological polar surface area (TPSA) is 92.8 Å². The molecule has 8 heteroatoms. The lowest BCUT2D eigenvalue weighted by Crippen LogP contribution is -2.08. The van der Waals surface area contributed by atoms with E-state index in [-0.39, 0.29) is 5.97 Å². The van der Waals surface area contributed by atoms with Gasteiger partial charge in [0.1, 0.15) is 12.2 Å². The van der Waals surface area contributed by atoms with Crippen molar-refractivity contribution >= 4 is 22.4 Å². The molecule has 0 aliphatic rings. The number of aromatic nitrogens is 4. The molecule has 2 rings (SSSR count). The van der Waals surface area contributed by atoms with Gasteiger partial charge in [0.25, 0.3) is 0 Å². The summed E-state index contributed by atoms with van der Waals surface area (Å²) < 4.78 is 4.94. The molecule has 0 saturated heterocycles. The zero-order chi connectivity index (χ0) is 13.7. The highest BCUT2D eigenvalue weighted by Gasteiger charge is 2.16. The number of carbonyl (C=O) groups is 1. The molecule has 2 N–H and O–H groups in total. The molecule has 0 bridgehead atoms. The van der Waals surface area contributed by atoms with E-state index in [0.29, 0.717) is 30.4 Å². The van der Waals surface area contributed by atoms with Crippen LogP contribution in [0.1, 0.15) is 28.1 Å². The van der Waals surface area contributed by atoms with Crippen molar-refractivity contribution < 1.29 is 9.53 Å². The molecule has 0 amide bonds. The van der Waals surface area contributed by atoms with Gasteiger partial charge in [0.2, 0.25) is 0 Å². The molecule has 0 aliphatic heterocycles. The number of anilines is 1. The Morgan fingerprint density at radius 3 is 3.11 bits per heavy atom. The lowest BCUT2D eigenvalue weighted by atomic mass is 10.4. The minimum atomic E-state index is -0.375. The first-order chi connectivity index (χ1) is 9.20. The van der Waals surface area contributed by atoms with Crippen molar-refractivity contribution in [3.63, 3.8) is 0 Å². The zero-order valence-electron chi connectivity index (χ0n) is 10.8. The van der Waals surface area contributed by atoms with Crippen molar-refractivity contribution in [2.45, 2.75) is 20.3 Å². The van der Waals surface area contributed by atoms with Crippen LogP contribution in [0.15, 0.2) is 6.33 Å². The van der Waals surface area contributed by atoms with Gasteiger partial charge in [-0.2, -0.15) is 5.10 Å². The average molecular weight is 281 g/mol. The number of nitrogens with zero attached hydrogens (tertiary/aromatic N) is 3. The van der Waals surface area contributed by atoms with Gasteiger partial charge < -0.3 is 10.1 Å². The molecule has 0 atom stereocenters. The van der Waals surface area contributed by atoms with E-state index in [1.165, 1.54) is 17.7 Å². The number of carbonyl (C=O) groups excluding carboxylic acids is 1. The lowest BCUT2D eigenvalue weighted by molar-refractivity contribution is 0.0519. The fraction of sp³-hybridized carbons (Fsp3) is 0.455. The molecule has 0 fully saturated rings. The van der Waals surface area contributed by atoms with Crippen LogP contribution in [0.4, 0.5) is 5.13 Å². The minimum absolute atomic E-state index is 0.351. The fourth-order valence-corrected chi connectivity index (χ4v) is 2.33. The molecule has 0 radical (unpaired) electrons. The van der Waals surface area contributed by atoms with Crippen LogP contribution in [0.3, 0.4) is 0 Å². The first kappa shape index (κ1) is 13.5. The van der Waals surface area contributed by atoms with E-state index in [0.717, 1.165) is 10.7 Å². The Morgan fingerprint density at radius 2 is 2.42 bits per heavy atom. The van der Waals surface area contributed by atoms with Crippen molar-refractivity contribution in [2.24, 2.45) is 0 Å². The Bertz CT molecular complexity index is 537. The Kier molecular flexibility index (Phi) is 4.45. The number of hydrogen-bond donors (Lipinski definition) is 2. The van der Waals surface area contributed by atoms with Crippen LogP contribution >= 0.6 is 11.3 Å². The second-order valence-electron chi connectivity index (χ2n) is 3.75. The first-order valence-electron chi connectivity index (χ1n) is 5.93. The largest absolute Gasteiger partial charge is 0.461 e. The van der Waals surface area contributed by atoms with E-state index in [1.54, 1.807) is 6.92 Å². The third-order valence-corrected chi connectivity index (χ3v) is 3.30. The first-order valence-corrected chi connectivity index (χ1v) is 6.75. The van der Waals surface area contributed by atoms with Crippen LogP contribution in [-0.4, -0.2) is 39.3 Å². The van der Waals surface area contributed by atoms with Crippen LogP contribution < -0.4 is 5.32 Å². The van der Waals surface area contributed by atoms with Gasteiger partial charge in [-0.1, -0.05) is 0 Å². The highest BCUT2D eigenvalue weighted by Crippen LogP contribution is 2.22. The van der Waals surface area contributed by atoms with E-state index >= 15 is 0 Å². The minimum Gasteiger partial charge on any atom is -0.461 e. The Balaban J connectivity index is 1.90. The number of aromatic amines is 1. The summed E-state index contributed by atoms with van der Waals surface area (Å²) in [6, 6.07) is 0. The van der Waals surface area contributed by atoms with E-state index in [2.05, 4.69) is 25.5 Å². The molecule has 7 nitrogen and oxygen atoms in total. The summed E-state index contributed by atoms with van der Waals surface area (Å²) in [4.78, 5) is 20.7. The van der Waals surface area contributed by atoms with Crippen LogP contribution in [0, 0.1) is 6.92 Å². The third-order valence-electron chi connectivity index (χ3n) is 2.37. The van der Waals surface area contributed by atoms with Crippen molar-refractivity contribution in [1.29, 1.82) is 0 Å². The second kappa shape index (κ2) is 6.28. The number of rotatable bonds is 6. The second-order valence-corrected chi connectivity index (χ2v) is 4.96. The smallest absolute Gasteiger partial charge is 0.358 e. The normalized spacial score (nSPS) is 10.4. The molecule has 2 aromatic heterocycles. The summed E-state index contributed by atoms with van der Waals surface area (Å²) in [5.74, 6) is 0.436. The standard InChI is InChI=1S/C11H15N5O2S/c1-3-18-10(17)9-7(2)19-11(15-9)12-5-4-8-13-6-14-16-8/h6H,3-5H2,1-2H3,(H,12,15)(H,13,14,16). The summed E-state index contributed by atoms with van der Waals surface area (Å²) >= 11 is 1.44. The highest BCUT2D eigenvalue weighted by molar-refractivity contribution is 7.15. The van der Waals surface area contributed by atoms with E-state index in [4.69, 9.17) is 4.74 Å². The van der Waals surface area contributed by atoms with Gasteiger partial charge in [-0.15, -0.1) is 11.3 Å². The Morgan fingerprint density at radius 1 is 1.58 bits per heavy atom. The summed E-state index contributed by atoms with van der Waals surface area (Å²) in [7, 11) is 0. The maximum Gasteiger partial charge on any atom is 0.358 e. The van der Waals surface area contributed by atoms with Crippen molar-refractivity contribution in [3.05, 3.63) is 22.7 Å². The van der Waals surface area contributed by atoms with E-state index < -0.39 is 0 Å². The molecular weight excluding hydrogens is 266 g/mol. The SMILES string of the molecule is CCOC(=O)c1nc(NCCc2ncn[nH]2)sc1C. The zero-order valence-corrected chi connectivity index (χ0v) is 11.6. The summed E-state index contributed by atoms with van der Waals surface area (Å²) in [5.41, 5.74) is 0.383. The predicted octanol–water partition coefficient (Wildman–Crippen LogP) is 1.40. The Labute approximate surface area is 114 Å². The number of thiazole rings is 1. The number of aryl methyl sites for hydroxylation is 1. The number of nitrogens with one attached hydrogen (secondary N) is 2. The molecule has 19 heavy (non-hydrogen) atoms. The maximum atomic E-state index is 11.6. The summed E-state index contributed by atoms with van der Waals surface area (Å²) in [5, 5.41) is 10.4. The molecule has 2 heterocycles. The van der Waals surface area contributed by atoms with Crippen molar-refractivity contribution in [1.82, 2.24) is 20.2 Å². The average Bonchev–Trinajstić information content (AvgIpc) is 2.99. The number of hydrogen-bond acceptors (Lipinski definition) is 7. The Hall–Kier alpha value is -1.96. The van der Waals surface area contributed by atoms with Crippen LogP contribution in [0.5, 0.6) is 0 Å². The highest BCUT2D eigenvalue weighted by atomic mass is 32.1. The molecule has 0 spiro atoms. The van der Waals surface area contributed by atoms with Crippen molar-refractivity contribution in [3.8, 4) is 0 Å². The van der Waals surface area contributed by atoms with Gasteiger partial charge in [-0.05, 0) is 13.8 Å².